The molecule has 19 heavy (non-hydrogen) atoms. The van der Waals surface area contributed by atoms with Gasteiger partial charge in [-0.3, -0.25) is 4.79 Å². The van der Waals surface area contributed by atoms with Crippen molar-refractivity contribution in [2.45, 2.75) is 63.9 Å². The van der Waals surface area contributed by atoms with Crippen LogP contribution in [0.25, 0.3) is 0 Å². The summed E-state index contributed by atoms with van der Waals surface area (Å²) < 4.78 is 6.11. The molecule has 2 atom stereocenters. The maximum absolute atomic E-state index is 12.9. The third kappa shape index (κ3) is 2.59. The first-order valence-corrected chi connectivity index (χ1v) is 8.03. The van der Waals surface area contributed by atoms with Crippen LogP contribution in [0, 0.1) is 11.3 Å². The van der Waals surface area contributed by atoms with Crippen LogP contribution in [0.15, 0.2) is 0 Å². The molecule has 2 aliphatic heterocycles. The Bertz CT molecular complexity index is 335. The van der Waals surface area contributed by atoms with E-state index < -0.39 is 0 Å². The first kappa shape index (κ1) is 13.6. The van der Waals surface area contributed by atoms with Crippen LogP contribution >= 0.6 is 0 Å². The zero-order valence-corrected chi connectivity index (χ0v) is 12.2. The van der Waals surface area contributed by atoms with E-state index in [1.807, 2.05) is 0 Å². The summed E-state index contributed by atoms with van der Waals surface area (Å²) in [5, 5.41) is 3.35. The summed E-state index contributed by atoms with van der Waals surface area (Å²) >= 11 is 0. The molecule has 0 aromatic rings. The van der Waals surface area contributed by atoms with E-state index in [1.54, 1.807) is 0 Å². The molecular formula is C16H27NO2. The van der Waals surface area contributed by atoms with Crippen LogP contribution in [0.2, 0.25) is 0 Å². The fourth-order valence-electron chi connectivity index (χ4n) is 4.32. The number of ether oxygens (including phenoxy) is 1. The average molecular weight is 265 g/mol. The average Bonchev–Trinajstić information content (AvgIpc) is 2.87. The van der Waals surface area contributed by atoms with E-state index >= 15 is 0 Å². The lowest BCUT2D eigenvalue weighted by Crippen LogP contribution is -2.46. The van der Waals surface area contributed by atoms with Crippen molar-refractivity contribution in [2.75, 3.05) is 19.7 Å². The Morgan fingerprint density at radius 1 is 1.21 bits per heavy atom. The van der Waals surface area contributed by atoms with Crippen LogP contribution in [-0.4, -0.2) is 31.1 Å². The summed E-state index contributed by atoms with van der Waals surface area (Å²) in [5.74, 6) is 0.752. The summed E-state index contributed by atoms with van der Waals surface area (Å²) in [6.45, 7) is 4.81. The van der Waals surface area contributed by atoms with E-state index in [4.69, 9.17) is 4.74 Å². The van der Waals surface area contributed by atoms with Gasteiger partial charge in [-0.1, -0.05) is 26.2 Å². The molecule has 0 bridgehead atoms. The number of nitrogens with one attached hydrogen (secondary N) is 1. The highest BCUT2D eigenvalue weighted by Gasteiger charge is 2.46. The summed E-state index contributed by atoms with van der Waals surface area (Å²) in [6, 6.07) is 0. The summed E-state index contributed by atoms with van der Waals surface area (Å²) in [5.41, 5.74) is -0.0584. The molecule has 0 radical (unpaired) electrons. The molecule has 3 rings (SSSR count). The number of carbonyl (C=O) groups is 1. The van der Waals surface area contributed by atoms with Gasteiger partial charge in [-0.05, 0) is 38.6 Å². The highest BCUT2D eigenvalue weighted by molar-refractivity contribution is 5.87. The van der Waals surface area contributed by atoms with Crippen LogP contribution in [0.1, 0.15) is 58.3 Å². The molecule has 0 aromatic heterocycles. The third-order valence-electron chi connectivity index (χ3n) is 5.59. The van der Waals surface area contributed by atoms with Crippen LogP contribution in [0.3, 0.4) is 0 Å². The van der Waals surface area contributed by atoms with Gasteiger partial charge < -0.3 is 10.1 Å². The first-order chi connectivity index (χ1) is 9.14. The minimum absolute atomic E-state index is 0.0548. The second kappa shape index (κ2) is 5.17. The normalized spacial score (nSPS) is 38.5. The molecule has 1 N–H and O–H groups in total. The van der Waals surface area contributed by atoms with Crippen molar-refractivity contribution in [1.29, 1.82) is 0 Å². The Hall–Kier alpha value is -0.410. The highest BCUT2D eigenvalue weighted by atomic mass is 16.5. The molecule has 0 aromatic carbocycles. The minimum Gasteiger partial charge on any atom is -0.375 e. The zero-order valence-electron chi connectivity index (χ0n) is 12.2. The van der Waals surface area contributed by atoms with Gasteiger partial charge in [0, 0.05) is 24.5 Å². The fourth-order valence-corrected chi connectivity index (χ4v) is 4.32. The molecule has 2 unspecified atom stereocenters. The lowest BCUT2D eigenvalue weighted by atomic mass is 9.70. The molecule has 108 valence electrons. The van der Waals surface area contributed by atoms with Gasteiger partial charge in [0.1, 0.15) is 5.78 Å². The lowest BCUT2D eigenvalue weighted by Gasteiger charge is -2.44. The summed E-state index contributed by atoms with van der Waals surface area (Å²) in [4.78, 5) is 12.9. The Morgan fingerprint density at radius 3 is 2.68 bits per heavy atom. The van der Waals surface area contributed by atoms with Crippen LogP contribution < -0.4 is 5.32 Å². The first-order valence-electron chi connectivity index (χ1n) is 8.03. The Balaban J connectivity index is 1.69. The second-order valence-corrected chi connectivity index (χ2v) is 7.13. The second-order valence-electron chi connectivity index (χ2n) is 7.13. The van der Waals surface area contributed by atoms with Crippen molar-refractivity contribution in [3.63, 3.8) is 0 Å². The van der Waals surface area contributed by atoms with Crippen LogP contribution in [-0.2, 0) is 9.53 Å². The van der Waals surface area contributed by atoms with Gasteiger partial charge in [0.15, 0.2) is 0 Å². The van der Waals surface area contributed by atoms with E-state index in [0.29, 0.717) is 5.78 Å². The Morgan fingerprint density at radius 2 is 2.00 bits per heavy atom. The van der Waals surface area contributed by atoms with Gasteiger partial charge in [-0.2, -0.15) is 0 Å². The predicted molar refractivity (Wildman–Crippen MR) is 75.1 cm³/mol. The highest BCUT2D eigenvalue weighted by Crippen LogP contribution is 2.43. The van der Waals surface area contributed by atoms with Gasteiger partial charge in [-0.25, -0.2) is 0 Å². The van der Waals surface area contributed by atoms with E-state index in [9.17, 15) is 4.79 Å². The summed E-state index contributed by atoms with van der Waals surface area (Å²) in [7, 11) is 0. The number of hydrogen-bond acceptors (Lipinski definition) is 3. The molecule has 1 aliphatic carbocycles. The van der Waals surface area contributed by atoms with E-state index in [0.717, 1.165) is 39.0 Å². The number of hydrogen-bond donors (Lipinski definition) is 1. The monoisotopic (exact) mass is 265 g/mol. The number of carbonyl (C=O) groups excluding carboxylic acids is 1. The molecular weight excluding hydrogens is 238 g/mol. The van der Waals surface area contributed by atoms with Gasteiger partial charge in [-0.15, -0.1) is 0 Å². The summed E-state index contributed by atoms with van der Waals surface area (Å²) in [6.07, 6.45) is 9.18. The van der Waals surface area contributed by atoms with Crippen molar-refractivity contribution in [1.82, 2.24) is 5.32 Å². The Kier molecular flexibility index (Phi) is 3.69. The minimum atomic E-state index is -0.113. The molecule has 3 fully saturated rings. The number of rotatable bonds is 2. The third-order valence-corrected chi connectivity index (χ3v) is 5.59. The Labute approximate surface area is 116 Å². The van der Waals surface area contributed by atoms with Gasteiger partial charge in [0.25, 0.3) is 0 Å². The van der Waals surface area contributed by atoms with Crippen molar-refractivity contribution in [2.24, 2.45) is 11.3 Å². The largest absolute Gasteiger partial charge is 0.375 e. The SMILES string of the molecule is CC1(C(=O)C2CCOC3(CCCCC3)C2)CCNC1. The molecule has 3 aliphatic rings. The van der Waals surface area contributed by atoms with Crippen molar-refractivity contribution >= 4 is 5.78 Å². The molecule has 2 heterocycles. The smallest absolute Gasteiger partial charge is 0.143 e. The van der Waals surface area contributed by atoms with E-state index in [1.165, 1.54) is 32.1 Å². The van der Waals surface area contributed by atoms with E-state index in [2.05, 4.69) is 12.2 Å². The molecule has 1 saturated carbocycles. The van der Waals surface area contributed by atoms with Crippen molar-refractivity contribution in [3.8, 4) is 0 Å². The zero-order chi connectivity index (χ0) is 13.3. The van der Waals surface area contributed by atoms with Crippen LogP contribution in [0.5, 0.6) is 0 Å². The van der Waals surface area contributed by atoms with Crippen molar-refractivity contribution < 1.29 is 9.53 Å². The molecule has 0 amide bonds. The lowest BCUT2D eigenvalue weighted by molar-refractivity contribution is -0.149. The fraction of sp³-hybridized carbons (Fsp3) is 0.938. The van der Waals surface area contributed by atoms with Gasteiger partial charge in [0.05, 0.1) is 5.60 Å². The molecule has 3 heteroatoms. The van der Waals surface area contributed by atoms with Crippen LogP contribution in [0.4, 0.5) is 0 Å². The van der Waals surface area contributed by atoms with Gasteiger partial charge in [0.2, 0.25) is 0 Å². The van der Waals surface area contributed by atoms with Crippen molar-refractivity contribution in [3.05, 3.63) is 0 Å². The quantitative estimate of drug-likeness (QED) is 0.834. The maximum atomic E-state index is 12.9. The molecule has 2 saturated heterocycles. The number of ketones is 1. The standard InChI is InChI=1S/C16H27NO2/c1-15(8-9-17-12-15)14(18)13-5-10-19-16(11-13)6-3-2-4-7-16/h13,17H,2-12H2,1H3. The molecule has 3 nitrogen and oxygen atoms in total. The van der Waals surface area contributed by atoms with Gasteiger partial charge >= 0.3 is 0 Å². The van der Waals surface area contributed by atoms with E-state index in [-0.39, 0.29) is 16.9 Å². The maximum Gasteiger partial charge on any atom is 0.143 e. The number of Topliss-reactive ketones (excluding diaryl/α,β-unsaturated/α-hetero) is 1. The topological polar surface area (TPSA) is 38.3 Å². The predicted octanol–water partition coefficient (Wildman–Crippen LogP) is 2.68. The molecule has 1 spiro atoms.